The minimum Gasteiger partial charge on any atom is -0.477 e. The van der Waals surface area contributed by atoms with Gasteiger partial charge in [0.2, 0.25) is 0 Å². The molecule has 2 aromatic rings. The van der Waals surface area contributed by atoms with Gasteiger partial charge in [0.05, 0.1) is 8.07 Å². The van der Waals surface area contributed by atoms with Gasteiger partial charge in [-0.3, -0.25) is 0 Å². The number of carbonyl (C=O) groups is 1. The molecule has 1 aliphatic rings. The van der Waals surface area contributed by atoms with Crippen molar-refractivity contribution in [3.63, 3.8) is 0 Å². The second-order valence-corrected chi connectivity index (χ2v) is 16.9. The van der Waals surface area contributed by atoms with Crippen LogP contribution in [0.25, 0.3) is 11.3 Å². The Hall–Kier alpha value is -1.65. The zero-order valence-electron chi connectivity index (χ0n) is 19.1. The van der Waals surface area contributed by atoms with Crippen LogP contribution < -0.4 is 0 Å². The molecule has 0 radical (unpaired) electrons. The van der Waals surface area contributed by atoms with E-state index in [1.165, 1.54) is 51.6 Å². The fraction of sp³-hybridized carbons (Fsp3) is 0.480. The van der Waals surface area contributed by atoms with E-state index in [1.807, 2.05) is 6.07 Å². The molecule has 0 bridgehead atoms. The summed E-state index contributed by atoms with van der Waals surface area (Å²) in [5.74, 6) is -0.849. The summed E-state index contributed by atoms with van der Waals surface area (Å²) in [7, 11) is -1.67. The first kappa shape index (κ1) is 22.0. The van der Waals surface area contributed by atoms with Crippen LogP contribution in [0.5, 0.6) is 0 Å². The first-order chi connectivity index (χ1) is 13.2. The van der Waals surface area contributed by atoms with Crippen LogP contribution >= 0.6 is 11.3 Å². The zero-order chi connectivity index (χ0) is 21.8. The molecule has 1 aromatic heterocycles. The van der Waals surface area contributed by atoms with Crippen molar-refractivity contribution in [2.24, 2.45) is 0 Å². The van der Waals surface area contributed by atoms with Crippen LogP contribution in [0, 0.1) is 6.92 Å². The molecule has 0 atom stereocenters. The summed E-state index contributed by atoms with van der Waals surface area (Å²) in [6.45, 7) is 18.8. The fourth-order valence-electron chi connectivity index (χ4n) is 4.40. The third-order valence-electron chi connectivity index (χ3n) is 6.42. The van der Waals surface area contributed by atoms with E-state index in [2.05, 4.69) is 72.5 Å². The maximum absolute atomic E-state index is 11.3. The van der Waals surface area contributed by atoms with E-state index in [-0.39, 0.29) is 10.8 Å². The number of carboxylic acid groups (broad SMARTS) is 1. The van der Waals surface area contributed by atoms with E-state index in [0.717, 1.165) is 4.88 Å². The van der Waals surface area contributed by atoms with E-state index >= 15 is 0 Å². The molecule has 0 amide bonds. The van der Waals surface area contributed by atoms with E-state index in [0.29, 0.717) is 4.88 Å². The van der Waals surface area contributed by atoms with Crippen molar-refractivity contribution in [1.29, 1.82) is 0 Å². The van der Waals surface area contributed by atoms with Crippen molar-refractivity contribution in [2.45, 2.75) is 77.9 Å². The second-order valence-electron chi connectivity index (χ2n) is 10.8. The van der Waals surface area contributed by atoms with Gasteiger partial charge in [0.25, 0.3) is 0 Å². The molecule has 1 aliphatic carbocycles. The van der Waals surface area contributed by atoms with Crippen molar-refractivity contribution < 1.29 is 9.90 Å². The Morgan fingerprint density at radius 1 is 1.03 bits per heavy atom. The van der Waals surface area contributed by atoms with Crippen LogP contribution in [0.2, 0.25) is 19.6 Å². The predicted octanol–water partition coefficient (Wildman–Crippen LogP) is 7.52. The molecule has 156 valence electrons. The zero-order valence-corrected chi connectivity index (χ0v) is 20.9. The average molecular weight is 427 g/mol. The smallest absolute Gasteiger partial charge is 0.345 e. The number of aryl methyl sites for hydroxylation is 1. The van der Waals surface area contributed by atoms with Crippen LogP contribution in [0.1, 0.15) is 77.3 Å². The molecule has 0 saturated carbocycles. The highest BCUT2D eigenvalue weighted by Crippen LogP contribution is 2.47. The molecule has 0 saturated heterocycles. The number of fused-ring (bicyclic) bond motifs is 1. The first-order valence-electron chi connectivity index (χ1n) is 10.4. The SMILES string of the molecule is Cc1cc2c(cc1C(=Cc1ccc(C(=O)O)s1)[Si](C)(C)C)C(C)(C)CCC2(C)C. The Morgan fingerprint density at radius 2 is 1.59 bits per heavy atom. The summed E-state index contributed by atoms with van der Waals surface area (Å²) < 4.78 is 0. The Morgan fingerprint density at radius 3 is 2.07 bits per heavy atom. The first-order valence-corrected chi connectivity index (χ1v) is 14.8. The molecule has 4 heteroatoms. The van der Waals surface area contributed by atoms with Crippen LogP contribution in [0.15, 0.2) is 24.3 Å². The number of rotatable bonds is 4. The molecule has 1 heterocycles. The normalized spacial score (nSPS) is 18.4. The number of hydrogen-bond donors (Lipinski definition) is 1. The van der Waals surface area contributed by atoms with Gasteiger partial charge in [0.15, 0.2) is 0 Å². The molecule has 0 spiro atoms. The number of hydrogen-bond acceptors (Lipinski definition) is 2. The minimum absolute atomic E-state index is 0.178. The molecule has 29 heavy (non-hydrogen) atoms. The standard InChI is InChI=1S/C25H34O2SSi/c1-16-13-19-20(25(4,5)12-11-24(19,2)3)15-18(16)22(29(6,7)8)14-17-9-10-21(28-17)23(26)27/h9-10,13-15H,11-12H2,1-8H3,(H,26,27). The summed E-state index contributed by atoms with van der Waals surface area (Å²) in [6, 6.07) is 8.54. The third kappa shape index (κ3) is 4.29. The topological polar surface area (TPSA) is 37.3 Å². The maximum atomic E-state index is 11.3. The summed E-state index contributed by atoms with van der Waals surface area (Å²) in [4.78, 5) is 12.7. The van der Waals surface area contributed by atoms with E-state index in [1.54, 1.807) is 6.07 Å². The number of benzene rings is 1. The van der Waals surface area contributed by atoms with Gasteiger partial charge in [-0.15, -0.1) is 11.3 Å². The fourth-order valence-corrected chi connectivity index (χ4v) is 6.96. The van der Waals surface area contributed by atoms with Crippen LogP contribution in [-0.2, 0) is 10.8 Å². The van der Waals surface area contributed by atoms with Gasteiger partial charge in [-0.2, -0.15) is 0 Å². The van der Waals surface area contributed by atoms with Crippen molar-refractivity contribution in [1.82, 2.24) is 0 Å². The van der Waals surface area contributed by atoms with Gasteiger partial charge in [-0.05, 0) is 71.1 Å². The maximum Gasteiger partial charge on any atom is 0.345 e. The summed E-state index contributed by atoms with van der Waals surface area (Å²) in [6.07, 6.45) is 4.67. The van der Waals surface area contributed by atoms with Crippen molar-refractivity contribution >= 4 is 36.7 Å². The highest BCUT2D eigenvalue weighted by Gasteiger charge is 2.38. The van der Waals surface area contributed by atoms with Gasteiger partial charge in [0, 0.05) is 4.88 Å². The molecule has 3 rings (SSSR count). The molecule has 1 aromatic carbocycles. The van der Waals surface area contributed by atoms with Crippen LogP contribution in [0.3, 0.4) is 0 Å². The van der Waals surface area contributed by atoms with Gasteiger partial charge in [-0.1, -0.05) is 64.7 Å². The van der Waals surface area contributed by atoms with Crippen molar-refractivity contribution in [2.75, 3.05) is 0 Å². The lowest BCUT2D eigenvalue weighted by Crippen LogP contribution is -2.34. The second kappa shape index (κ2) is 7.24. The highest BCUT2D eigenvalue weighted by atomic mass is 32.1. The molecular weight excluding hydrogens is 392 g/mol. The van der Waals surface area contributed by atoms with Crippen molar-refractivity contribution in [3.8, 4) is 0 Å². The third-order valence-corrected chi connectivity index (χ3v) is 9.47. The van der Waals surface area contributed by atoms with E-state index < -0.39 is 14.0 Å². The molecule has 1 N–H and O–H groups in total. The number of aromatic carboxylic acids is 1. The van der Waals surface area contributed by atoms with Crippen LogP contribution in [-0.4, -0.2) is 19.1 Å². The van der Waals surface area contributed by atoms with E-state index in [4.69, 9.17) is 0 Å². The summed E-state index contributed by atoms with van der Waals surface area (Å²) in [5, 5.41) is 10.7. The lowest BCUT2D eigenvalue weighted by Gasteiger charge is -2.43. The molecule has 0 fully saturated rings. The number of carboxylic acids is 1. The average Bonchev–Trinajstić information content (AvgIpc) is 3.05. The van der Waals surface area contributed by atoms with E-state index in [9.17, 15) is 9.90 Å². The Labute approximate surface area is 180 Å². The van der Waals surface area contributed by atoms with Gasteiger partial charge in [-0.25, -0.2) is 4.79 Å². The largest absolute Gasteiger partial charge is 0.477 e. The monoisotopic (exact) mass is 426 g/mol. The molecule has 0 unspecified atom stereocenters. The Balaban J connectivity index is 2.22. The highest BCUT2D eigenvalue weighted by molar-refractivity contribution is 7.15. The quantitative estimate of drug-likeness (QED) is 0.513. The summed E-state index contributed by atoms with van der Waals surface area (Å²) >= 11 is 1.36. The summed E-state index contributed by atoms with van der Waals surface area (Å²) in [5.41, 5.74) is 6.04. The Bertz CT molecular complexity index is 987. The van der Waals surface area contributed by atoms with Gasteiger partial charge >= 0.3 is 5.97 Å². The minimum atomic E-state index is -1.67. The lowest BCUT2D eigenvalue weighted by molar-refractivity contribution is 0.0702. The number of thiophene rings is 1. The molecular formula is C25H34O2SSi. The molecule has 0 aliphatic heterocycles. The van der Waals surface area contributed by atoms with Crippen molar-refractivity contribution in [3.05, 3.63) is 56.3 Å². The van der Waals surface area contributed by atoms with Gasteiger partial charge < -0.3 is 5.11 Å². The lowest BCUT2D eigenvalue weighted by atomic mass is 9.62. The van der Waals surface area contributed by atoms with Gasteiger partial charge in [0.1, 0.15) is 4.88 Å². The molecule has 2 nitrogen and oxygen atoms in total. The Kier molecular flexibility index (Phi) is 5.50. The predicted molar refractivity (Wildman–Crippen MR) is 129 cm³/mol. The van der Waals surface area contributed by atoms with Crippen LogP contribution in [0.4, 0.5) is 0 Å².